The van der Waals surface area contributed by atoms with Gasteiger partial charge in [-0.15, -0.1) is 11.8 Å². The highest BCUT2D eigenvalue weighted by molar-refractivity contribution is 7.99. The number of carbonyl (C=O) groups is 2. The maximum Gasteiger partial charge on any atom is 0.326 e. The fourth-order valence-electron chi connectivity index (χ4n) is 2.31. The van der Waals surface area contributed by atoms with Crippen LogP contribution in [0, 0.1) is 11.3 Å². The molecule has 0 saturated carbocycles. The van der Waals surface area contributed by atoms with Crippen LogP contribution in [0.4, 0.5) is 0 Å². The summed E-state index contributed by atoms with van der Waals surface area (Å²) in [6, 6.07) is 7.74. The highest BCUT2D eigenvalue weighted by Crippen LogP contribution is 2.27. The number of hydrogen-bond donors (Lipinski definition) is 2. The summed E-state index contributed by atoms with van der Waals surface area (Å²) in [5.74, 6) is -1.35. The second kappa shape index (κ2) is 6.61. The number of carbonyl (C=O) groups excluding carboxylic acids is 1. The summed E-state index contributed by atoms with van der Waals surface area (Å²) >= 11 is 1.23. The first-order valence-corrected chi connectivity index (χ1v) is 7.33. The number of thioether (sulfide) groups is 1. The first-order valence-electron chi connectivity index (χ1n) is 6.35. The average Bonchev–Trinajstić information content (AvgIpc) is 2.87. The van der Waals surface area contributed by atoms with Gasteiger partial charge < -0.3 is 15.1 Å². The zero-order valence-electron chi connectivity index (χ0n) is 11.1. The Morgan fingerprint density at radius 3 is 2.81 bits per heavy atom. The van der Waals surface area contributed by atoms with Crippen LogP contribution >= 0.6 is 11.8 Å². The molecule has 21 heavy (non-hydrogen) atoms. The molecule has 2 N–H and O–H groups in total. The van der Waals surface area contributed by atoms with Gasteiger partial charge in [0.05, 0.1) is 23.5 Å². The van der Waals surface area contributed by atoms with Crippen molar-refractivity contribution >= 4 is 23.6 Å². The average molecular weight is 306 g/mol. The van der Waals surface area contributed by atoms with Gasteiger partial charge in [0.25, 0.3) is 5.91 Å². The van der Waals surface area contributed by atoms with Crippen LogP contribution in [0.2, 0.25) is 0 Å². The fourth-order valence-corrected chi connectivity index (χ4v) is 3.01. The van der Waals surface area contributed by atoms with E-state index in [0.29, 0.717) is 10.5 Å². The van der Waals surface area contributed by atoms with Crippen molar-refractivity contribution in [1.29, 1.82) is 5.26 Å². The predicted octanol–water partition coefficient (Wildman–Crippen LogP) is 0.962. The van der Waals surface area contributed by atoms with E-state index < -0.39 is 24.0 Å². The van der Waals surface area contributed by atoms with Crippen LogP contribution in [-0.2, 0) is 4.79 Å². The zero-order valence-corrected chi connectivity index (χ0v) is 11.9. The summed E-state index contributed by atoms with van der Waals surface area (Å²) < 4.78 is 0. The van der Waals surface area contributed by atoms with Crippen LogP contribution in [0.25, 0.3) is 0 Å². The third-order valence-electron chi connectivity index (χ3n) is 3.23. The molecule has 2 atom stereocenters. The highest BCUT2D eigenvalue weighted by atomic mass is 32.2. The molecule has 1 aromatic rings. The normalized spacial score (nSPS) is 21.0. The van der Waals surface area contributed by atoms with Crippen molar-refractivity contribution in [2.75, 3.05) is 12.3 Å². The molecule has 1 aliphatic rings. The van der Waals surface area contributed by atoms with Gasteiger partial charge in [-0.25, -0.2) is 4.79 Å². The van der Waals surface area contributed by atoms with Crippen LogP contribution in [-0.4, -0.2) is 51.4 Å². The van der Waals surface area contributed by atoms with Gasteiger partial charge in [0.15, 0.2) is 0 Å². The van der Waals surface area contributed by atoms with E-state index in [1.807, 2.05) is 6.07 Å². The first-order chi connectivity index (χ1) is 10.0. The Hall–Kier alpha value is -2.04. The second-order valence-electron chi connectivity index (χ2n) is 4.64. The van der Waals surface area contributed by atoms with E-state index in [4.69, 9.17) is 10.4 Å². The molecule has 0 aliphatic carbocycles. The van der Waals surface area contributed by atoms with Crippen molar-refractivity contribution in [1.82, 2.24) is 4.90 Å². The summed E-state index contributed by atoms with van der Waals surface area (Å²) in [7, 11) is 0. The minimum Gasteiger partial charge on any atom is -0.480 e. The number of amides is 1. The number of rotatable bonds is 4. The standard InChI is InChI=1S/C14H14N2O4S/c15-5-6-21-12-4-2-1-3-10(12)13(18)16-8-9(17)7-11(16)14(19)20/h1-4,9,11,17H,6-8H2,(H,19,20)/t9?,11-/m0/s1. The Morgan fingerprint density at radius 2 is 2.14 bits per heavy atom. The zero-order chi connectivity index (χ0) is 15.4. The fraction of sp³-hybridized carbons (Fsp3) is 0.357. The number of carboxylic acid groups (broad SMARTS) is 1. The van der Waals surface area contributed by atoms with Gasteiger partial charge in [0, 0.05) is 17.9 Å². The third-order valence-corrected chi connectivity index (χ3v) is 4.18. The molecule has 0 radical (unpaired) electrons. The Morgan fingerprint density at radius 1 is 1.43 bits per heavy atom. The van der Waals surface area contributed by atoms with Gasteiger partial charge in [-0.1, -0.05) is 12.1 Å². The minimum absolute atomic E-state index is 0.00699. The van der Waals surface area contributed by atoms with Crippen molar-refractivity contribution in [2.24, 2.45) is 0 Å². The molecule has 0 aromatic heterocycles. The molecular formula is C14H14N2O4S. The van der Waals surface area contributed by atoms with E-state index >= 15 is 0 Å². The van der Waals surface area contributed by atoms with Crippen LogP contribution < -0.4 is 0 Å². The van der Waals surface area contributed by atoms with Crippen LogP contribution in [0.1, 0.15) is 16.8 Å². The van der Waals surface area contributed by atoms with E-state index in [1.165, 1.54) is 16.7 Å². The van der Waals surface area contributed by atoms with E-state index in [9.17, 15) is 14.7 Å². The number of likely N-dealkylation sites (tertiary alicyclic amines) is 1. The van der Waals surface area contributed by atoms with Gasteiger partial charge in [-0.05, 0) is 12.1 Å². The quantitative estimate of drug-likeness (QED) is 0.803. The number of hydrogen-bond acceptors (Lipinski definition) is 5. The lowest BCUT2D eigenvalue weighted by Gasteiger charge is -2.22. The molecule has 110 valence electrons. The summed E-state index contributed by atoms with van der Waals surface area (Å²) in [4.78, 5) is 25.6. The lowest BCUT2D eigenvalue weighted by atomic mass is 10.1. The number of aliphatic carboxylic acids is 1. The van der Waals surface area contributed by atoms with E-state index in [1.54, 1.807) is 24.3 Å². The van der Waals surface area contributed by atoms with E-state index in [2.05, 4.69) is 0 Å². The Labute approximate surface area is 126 Å². The maximum atomic E-state index is 12.5. The van der Waals surface area contributed by atoms with Crippen molar-refractivity contribution in [3.63, 3.8) is 0 Å². The van der Waals surface area contributed by atoms with Gasteiger partial charge in [0.1, 0.15) is 6.04 Å². The number of carboxylic acids is 1. The number of aliphatic hydroxyl groups excluding tert-OH is 1. The highest BCUT2D eigenvalue weighted by Gasteiger charge is 2.39. The summed E-state index contributed by atoms with van der Waals surface area (Å²) in [6.45, 7) is 0.00699. The van der Waals surface area contributed by atoms with Gasteiger partial charge >= 0.3 is 5.97 Å². The Bertz CT molecular complexity index is 599. The monoisotopic (exact) mass is 306 g/mol. The predicted molar refractivity (Wildman–Crippen MR) is 75.9 cm³/mol. The molecule has 6 nitrogen and oxygen atoms in total. The van der Waals surface area contributed by atoms with Crippen molar-refractivity contribution in [2.45, 2.75) is 23.5 Å². The lowest BCUT2D eigenvalue weighted by molar-refractivity contribution is -0.141. The van der Waals surface area contributed by atoms with E-state index in [-0.39, 0.29) is 18.7 Å². The van der Waals surface area contributed by atoms with Crippen LogP contribution in [0.3, 0.4) is 0 Å². The van der Waals surface area contributed by atoms with Crippen molar-refractivity contribution in [3.8, 4) is 6.07 Å². The molecule has 2 rings (SSSR count). The SMILES string of the molecule is N#CCSc1ccccc1C(=O)N1CC(O)C[C@H]1C(=O)O. The van der Waals surface area contributed by atoms with Crippen LogP contribution in [0.15, 0.2) is 29.2 Å². The molecule has 1 amide bonds. The van der Waals surface area contributed by atoms with Gasteiger partial charge in [-0.2, -0.15) is 5.26 Å². The molecule has 1 heterocycles. The van der Waals surface area contributed by atoms with Crippen LogP contribution in [0.5, 0.6) is 0 Å². The number of aliphatic hydroxyl groups is 1. The summed E-state index contributed by atoms with van der Waals surface area (Å²) in [6.07, 6.45) is -0.789. The number of nitrogens with zero attached hydrogens (tertiary/aromatic N) is 2. The molecule has 1 fully saturated rings. The Kier molecular flexibility index (Phi) is 4.83. The smallest absolute Gasteiger partial charge is 0.326 e. The summed E-state index contributed by atoms with van der Waals surface area (Å²) in [5, 5.41) is 27.4. The first kappa shape index (κ1) is 15.4. The molecule has 0 bridgehead atoms. The number of β-amino-alcohol motifs (C(OH)–C–C–N with tert-alkyl or cyclic N) is 1. The Balaban J connectivity index is 2.27. The largest absolute Gasteiger partial charge is 0.480 e. The van der Waals surface area contributed by atoms with Crippen molar-refractivity contribution < 1.29 is 19.8 Å². The summed E-state index contributed by atoms with van der Waals surface area (Å²) in [5.41, 5.74) is 0.359. The lowest BCUT2D eigenvalue weighted by Crippen LogP contribution is -2.40. The molecule has 7 heteroatoms. The molecule has 0 spiro atoms. The van der Waals surface area contributed by atoms with Gasteiger partial charge in [-0.3, -0.25) is 4.79 Å². The second-order valence-corrected chi connectivity index (χ2v) is 5.66. The van der Waals surface area contributed by atoms with Crippen molar-refractivity contribution in [3.05, 3.63) is 29.8 Å². The third kappa shape index (κ3) is 3.35. The topological polar surface area (TPSA) is 102 Å². The molecule has 1 aromatic carbocycles. The molecule has 1 aliphatic heterocycles. The minimum atomic E-state index is -1.12. The molecular weight excluding hydrogens is 292 g/mol. The number of nitriles is 1. The number of benzene rings is 1. The van der Waals surface area contributed by atoms with Gasteiger partial charge in [0.2, 0.25) is 0 Å². The maximum absolute atomic E-state index is 12.5. The molecule has 1 unspecified atom stereocenters. The van der Waals surface area contributed by atoms with E-state index in [0.717, 1.165) is 0 Å². The molecule has 1 saturated heterocycles.